The first-order valence-corrected chi connectivity index (χ1v) is 16.1. The van der Waals surface area contributed by atoms with Gasteiger partial charge in [-0.25, -0.2) is 4.79 Å². The van der Waals surface area contributed by atoms with E-state index in [1.807, 2.05) is 55.7 Å². The molecule has 1 aromatic carbocycles. The Hall–Kier alpha value is -3.51. The van der Waals surface area contributed by atoms with E-state index in [0.29, 0.717) is 58.2 Å². The van der Waals surface area contributed by atoms with Gasteiger partial charge in [0.1, 0.15) is 5.60 Å². The Kier molecular flexibility index (Phi) is 12.0. The fourth-order valence-electron chi connectivity index (χ4n) is 5.90. The average molecular weight is 627 g/mol. The fraction of sp³-hybridized carbons (Fsp3) is 0.667. The van der Waals surface area contributed by atoms with E-state index in [2.05, 4.69) is 24.0 Å². The Bertz CT molecular complexity index is 1270. The molecule has 2 saturated heterocycles. The number of benzene rings is 1. The monoisotopic (exact) mass is 626 g/mol. The Morgan fingerprint density at radius 2 is 1.73 bits per heavy atom. The summed E-state index contributed by atoms with van der Waals surface area (Å²) in [6.07, 6.45) is 1.55. The summed E-state index contributed by atoms with van der Waals surface area (Å²) in [5.41, 5.74) is 0.171. The molecule has 45 heavy (non-hydrogen) atoms. The Balaban J connectivity index is 1.68. The molecule has 1 aromatic heterocycles. The first kappa shape index (κ1) is 34.4. The molecule has 12 nitrogen and oxygen atoms in total. The van der Waals surface area contributed by atoms with Crippen LogP contribution < -0.4 is 0 Å². The van der Waals surface area contributed by atoms with Gasteiger partial charge >= 0.3 is 6.09 Å². The number of unbranched alkanes of at least 4 members (excludes halogenated alkanes) is 1. The molecule has 4 rings (SSSR count). The second kappa shape index (κ2) is 15.7. The molecule has 2 aliphatic heterocycles. The molecular weight excluding hydrogens is 576 g/mol. The zero-order valence-corrected chi connectivity index (χ0v) is 27.7. The van der Waals surface area contributed by atoms with Crippen molar-refractivity contribution in [3.63, 3.8) is 0 Å². The van der Waals surface area contributed by atoms with Crippen molar-refractivity contribution < 1.29 is 28.6 Å². The van der Waals surface area contributed by atoms with E-state index >= 15 is 0 Å². The van der Waals surface area contributed by atoms with Crippen LogP contribution in [0.4, 0.5) is 4.79 Å². The van der Waals surface area contributed by atoms with Crippen molar-refractivity contribution in [1.82, 2.24) is 29.5 Å². The van der Waals surface area contributed by atoms with Gasteiger partial charge in [-0.15, -0.1) is 10.2 Å². The van der Waals surface area contributed by atoms with Gasteiger partial charge in [-0.1, -0.05) is 44.2 Å². The number of amides is 3. The van der Waals surface area contributed by atoms with E-state index in [9.17, 15) is 14.4 Å². The lowest BCUT2D eigenvalue weighted by atomic mass is 9.91. The molecule has 3 heterocycles. The van der Waals surface area contributed by atoms with Gasteiger partial charge in [0.2, 0.25) is 11.7 Å². The number of rotatable bonds is 11. The lowest BCUT2D eigenvalue weighted by molar-refractivity contribution is -0.142. The topological polar surface area (TPSA) is 119 Å². The number of piperidine rings is 1. The van der Waals surface area contributed by atoms with Crippen molar-refractivity contribution in [1.29, 1.82) is 0 Å². The number of carbonyl (C=O) groups excluding carboxylic acids is 3. The second-order valence-corrected chi connectivity index (χ2v) is 13.3. The summed E-state index contributed by atoms with van der Waals surface area (Å²) in [6.45, 7) is 13.6. The number of ether oxygens (including phenoxy) is 3. The van der Waals surface area contributed by atoms with E-state index in [0.717, 1.165) is 18.4 Å². The largest absolute Gasteiger partial charge is 0.444 e. The molecule has 0 radical (unpaired) electrons. The summed E-state index contributed by atoms with van der Waals surface area (Å²) in [7, 11) is 1.68. The van der Waals surface area contributed by atoms with Gasteiger partial charge in [-0.3, -0.25) is 9.59 Å². The van der Waals surface area contributed by atoms with Gasteiger partial charge in [0, 0.05) is 58.5 Å². The van der Waals surface area contributed by atoms with Crippen LogP contribution in [-0.4, -0.2) is 119 Å². The molecule has 0 saturated carbocycles. The Morgan fingerprint density at radius 3 is 2.38 bits per heavy atom. The summed E-state index contributed by atoms with van der Waals surface area (Å²) >= 11 is 0. The number of likely N-dealkylation sites (tertiary alicyclic amines) is 1. The molecule has 0 aliphatic carbocycles. The van der Waals surface area contributed by atoms with Gasteiger partial charge in [0.05, 0.1) is 25.2 Å². The van der Waals surface area contributed by atoms with Gasteiger partial charge in [-0.2, -0.15) is 0 Å². The zero-order chi connectivity index (χ0) is 32.6. The summed E-state index contributed by atoms with van der Waals surface area (Å²) in [5.74, 6) is 0.229. The highest BCUT2D eigenvalue weighted by atomic mass is 16.6. The first-order chi connectivity index (χ1) is 21.5. The van der Waals surface area contributed by atoms with Gasteiger partial charge in [0.15, 0.2) is 5.82 Å². The number of hydrogen-bond acceptors (Lipinski definition) is 8. The molecule has 2 atom stereocenters. The lowest BCUT2D eigenvalue weighted by Gasteiger charge is -2.44. The average Bonchev–Trinajstić information content (AvgIpc) is 3.45. The fourth-order valence-corrected chi connectivity index (χ4v) is 5.90. The first-order valence-electron chi connectivity index (χ1n) is 16.1. The third-order valence-corrected chi connectivity index (χ3v) is 7.97. The molecule has 248 valence electrons. The maximum atomic E-state index is 14.5. The van der Waals surface area contributed by atoms with Crippen molar-refractivity contribution in [2.75, 3.05) is 59.7 Å². The number of aromatic nitrogens is 3. The van der Waals surface area contributed by atoms with Crippen LogP contribution in [-0.2, 0) is 25.5 Å². The van der Waals surface area contributed by atoms with E-state index in [1.54, 1.807) is 21.8 Å². The van der Waals surface area contributed by atoms with Crippen molar-refractivity contribution in [3.05, 3.63) is 36.2 Å². The van der Waals surface area contributed by atoms with Crippen LogP contribution in [0, 0.1) is 11.8 Å². The minimum atomic E-state index is -0.700. The number of carbonyl (C=O) groups is 3. The maximum Gasteiger partial charge on any atom is 0.410 e. The van der Waals surface area contributed by atoms with Crippen LogP contribution >= 0.6 is 0 Å². The Morgan fingerprint density at radius 1 is 1.02 bits per heavy atom. The van der Waals surface area contributed by atoms with Crippen LogP contribution in [0.1, 0.15) is 64.5 Å². The smallest absolute Gasteiger partial charge is 0.410 e. The standard InChI is InChI=1S/C33H50N6O6/c1-24(2)21-39(31(41)29-35-34-28(25-12-8-7-9-13-25)38(29)14-10-11-17-43-6)27-20-26(30(40)36-15-18-44-19-16-36)22-37(23-27)32(42)45-33(3,4)5/h7-9,12-13,24,26-27H,10-11,14-23H2,1-6H3/t26-,27+/m1/s1. The van der Waals surface area contributed by atoms with E-state index in [-0.39, 0.29) is 36.6 Å². The number of hydrogen-bond donors (Lipinski definition) is 0. The highest BCUT2D eigenvalue weighted by molar-refractivity contribution is 5.92. The molecule has 2 aliphatic rings. The number of morpholine rings is 1. The van der Waals surface area contributed by atoms with E-state index in [4.69, 9.17) is 14.2 Å². The summed E-state index contributed by atoms with van der Waals surface area (Å²) in [5, 5.41) is 8.92. The van der Waals surface area contributed by atoms with Crippen molar-refractivity contribution in [2.24, 2.45) is 11.8 Å². The minimum Gasteiger partial charge on any atom is -0.444 e. The SMILES string of the molecule is COCCCCn1c(C(=O)N(CC(C)C)[C@H]2C[C@@H](C(=O)N3CCOCC3)CN(C(=O)OC(C)(C)C)C2)nnc1-c1ccccc1. The van der Waals surface area contributed by atoms with Crippen molar-refractivity contribution in [3.8, 4) is 11.4 Å². The van der Waals surface area contributed by atoms with Crippen LogP contribution in [0.25, 0.3) is 11.4 Å². The van der Waals surface area contributed by atoms with Gasteiger partial charge in [0.25, 0.3) is 5.91 Å². The maximum absolute atomic E-state index is 14.5. The molecule has 0 bridgehead atoms. The third-order valence-electron chi connectivity index (χ3n) is 7.97. The molecule has 12 heteroatoms. The third kappa shape index (κ3) is 9.26. The van der Waals surface area contributed by atoms with Crippen LogP contribution in [0.5, 0.6) is 0 Å². The molecule has 0 unspecified atom stereocenters. The van der Waals surface area contributed by atoms with Gasteiger partial charge < -0.3 is 33.5 Å². The predicted molar refractivity (Wildman–Crippen MR) is 170 cm³/mol. The summed E-state index contributed by atoms with van der Waals surface area (Å²) in [4.78, 5) is 46.9. The summed E-state index contributed by atoms with van der Waals surface area (Å²) < 4.78 is 18.4. The Labute approximate surface area is 267 Å². The molecule has 2 aromatic rings. The van der Waals surface area contributed by atoms with Crippen LogP contribution in [0.15, 0.2) is 30.3 Å². The van der Waals surface area contributed by atoms with E-state index in [1.165, 1.54) is 0 Å². The molecule has 0 N–H and O–H groups in total. The number of methoxy groups -OCH3 is 1. The summed E-state index contributed by atoms with van der Waals surface area (Å²) in [6, 6.07) is 9.30. The highest BCUT2D eigenvalue weighted by Gasteiger charge is 2.42. The zero-order valence-electron chi connectivity index (χ0n) is 27.7. The lowest BCUT2D eigenvalue weighted by Crippen LogP contribution is -2.58. The van der Waals surface area contributed by atoms with Crippen molar-refractivity contribution in [2.45, 2.75) is 72.1 Å². The molecular formula is C33H50N6O6. The molecule has 2 fully saturated rings. The van der Waals surface area contributed by atoms with Gasteiger partial charge in [-0.05, 0) is 46.0 Å². The second-order valence-electron chi connectivity index (χ2n) is 13.3. The normalized spacial score (nSPS) is 19.1. The quantitative estimate of drug-likeness (QED) is 0.344. The predicted octanol–water partition coefficient (Wildman–Crippen LogP) is 3.95. The highest BCUT2D eigenvalue weighted by Crippen LogP contribution is 2.28. The van der Waals surface area contributed by atoms with Crippen LogP contribution in [0.3, 0.4) is 0 Å². The van der Waals surface area contributed by atoms with E-state index < -0.39 is 23.7 Å². The molecule has 3 amide bonds. The van der Waals surface area contributed by atoms with Crippen LogP contribution in [0.2, 0.25) is 0 Å². The number of nitrogens with zero attached hydrogens (tertiary/aromatic N) is 6. The molecule has 0 spiro atoms. The van der Waals surface area contributed by atoms with Crippen molar-refractivity contribution >= 4 is 17.9 Å². The minimum absolute atomic E-state index is 0.0267.